The van der Waals surface area contributed by atoms with Crippen LogP contribution in [0.2, 0.25) is 0 Å². The summed E-state index contributed by atoms with van der Waals surface area (Å²) in [4.78, 5) is 2.34. The van der Waals surface area contributed by atoms with E-state index in [2.05, 4.69) is 37.9 Å². The Morgan fingerprint density at radius 3 is 2.71 bits per heavy atom. The molecule has 0 saturated carbocycles. The highest BCUT2D eigenvalue weighted by Gasteiger charge is 2.23. The molecule has 1 atom stereocenters. The van der Waals surface area contributed by atoms with Gasteiger partial charge in [0.1, 0.15) is 11.5 Å². The molecule has 24 heavy (non-hydrogen) atoms. The van der Waals surface area contributed by atoms with Crippen molar-refractivity contribution in [2.45, 2.75) is 52.6 Å². The second-order valence-corrected chi connectivity index (χ2v) is 6.51. The molecule has 1 unspecified atom stereocenters. The maximum atomic E-state index is 9.80. The minimum atomic E-state index is 0.0589. The van der Waals surface area contributed by atoms with Gasteiger partial charge in [-0.05, 0) is 80.6 Å². The maximum absolute atomic E-state index is 9.80. The molecule has 0 radical (unpaired) electrons. The van der Waals surface area contributed by atoms with Crippen LogP contribution in [0.1, 0.15) is 57.1 Å². The van der Waals surface area contributed by atoms with Gasteiger partial charge in [0.2, 0.25) is 0 Å². The number of ether oxygens (including phenoxy) is 1. The Hall–Kier alpha value is -1.58. The first-order chi connectivity index (χ1) is 11.6. The van der Waals surface area contributed by atoms with Crippen LogP contribution in [-0.2, 0) is 6.61 Å². The van der Waals surface area contributed by atoms with Crippen LogP contribution in [-0.4, -0.2) is 30.1 Å². The van der Waals surface area contributed by atoms with Gasteiger partial charge < -0.3 is 14.7 Å². The van der Waals surface area contributed by atoms with E-state index in [0.29, 0.717) is 5.92 Å². The highest BCUT2D eigenvalue weighted by atomic mass is 16.5. The third-order valence-electron chi connectivity index (χ3n) is 4.75. The lowest BCUT2D eigenvalue weighted by atomic mass is 9.93. The van der Waals surface area contributed by atoms with Gasteiger partial charge in [-0.2, -0.15) is 0 Å². The molecule has 0 aromatic heterocycles. The van der Waals surface area contributed by atoms with Gasteiger partial charge in [0.05, 0.1) is 6.61 Å². The predicted molar refractivity (Wildman–Crippen MR) is 100 cm³/mol. The monoisotopic (exact) mass is 329 g/mol. The van der Waals surface area contributed by atoms with Gasteiger partial charge in [-0.15, -0.1) is 0 Å². The summed E-state index contributed by atoms with van der Waals surface area (Å²) >= 11 is 0. The third-order valence-corrected chi connectivity index (χ3v) is 4.75. The smallest absolute Gasteiger partial charge is 0.127 e. The average Bonchev–Trinajstić information content (AvgIpc) is 3.03. The van der Waals surface area contributed by atoms with Gasteiger partial charge in [-0.25, -0.2) is 0 Å². The highest BCUT2D eigenvalue weighted by Crippen LogP contribution is 2.32. The number of rotatable bonds is 7. The van der Waals surface area contributed by atoms with Crippen molar-refractivity contribution in [1.82, 2.24) is 4.90 Å². The first-order valence-corrected chi connectivity index (χ1v) is 9.08. The lowest BCUT2D eigenvalue weighted by Gasteiger charge is -2.18. The molecular formula is C21H31NO2. The van der Waals surface area contributed by atoms with Crippen LogP contribution in [0.25, 0.3) is 0 Å². The molecule has 1 saturated heterocycles. The Bertz CT molecular complexity index is 604. The van der Waals surface area contributed by atoms with Gasteiger partial charge in [-0.1, -0.05) is 26.0 Å². The highest BCUT2D eigenvalue weighted by molar-refractivity contribution is 5.40. The van der Waals surface area contributed by atoms with Gasteiger partial charge in [0.15, 0.2) is 0 Å². The van der Waals surface area contributed by atoms with Crippen molar-refractivity contribution in [2.75, 3.05) is 20.1 Å². The summed E-state index contributed by atoms with van der Waals surface area (Å²) in [5.41, 5.74) is 3.48. The molecule has 1 aromatic rings. The van der Waals surface area contributed by atoms with Crippen molar-refractivity contribution in [1.29, 1.82) is 0 Å². The summed E-state index contributed by atoms with van der Waals surface area (Å²) in [5.74, 6) is 2.23. The van der Waals surface area contributed by atoms with Crippen LogP contribution in [0, 0.1) is 0 Å². The van der Waals surface area contributed by atoms with Crippen LogP contribution in [0.4, 0.5) is 0 Å². The molecule has 1 heterocycles. The van der Waals surface area contributed by atoms with E-state index in [9.17, 15) is 5.11 Å². The quantitative estimate of drug-likeness (QED) is 0.585. The van der Waals surface area contributed by atoms with E-state index in [4.69, 9.17) is 4.74 Å². The second-order valence-electron chi connectivity index (χ2n) is 6.51. The predicted octanol–water partition coefficient (Wildman–Crippen LogP) is 4.63. The maximum Gasteiger partial charge on any atom is 0.127 e. The number of hydrogen-bond donors (Lipinski definition) is 1. The zero-order chi connectivity index (χ0) is 17.5. The fourth-order valence-electron chi connectivity index (χ4n) is 3.47. The number of nitrogens with zero attached hydrogens (tertiary/aromatic N) is 1. The molecule has 0 aliphatic carbocycles. The van der Waals surface area contributed by atoms with E-state index in [1.807, 2.05) is 25.1 Å². The lowest BCUT2D eigenvalue weighted by Crippen LogP contribution is -2.14. The SMILES string of the molecule is C/C=C(Oc1ccc(C2CCN(C)C2)c(CO)c1)\C(=C/CC)CC. The Morgan fingerprint density at radius 2 is 2.17 bits per heavy atom. The Morgan fingerprint density at radius 1 is 1.38 bits per heavy atom. The molecule has 132 valence electrons. The zero-order valence-corrected chi connectivity index (χ0v) is 15.5. The second kappa shape index (κ2) is 9.05. The standard InChI is InChI=1S/C21H31NO2/c1-5-8-16(6-2)21(7-3)24-19-9-10-20(18(13-19)15-23)17-11-12-22(4)14-17/h7-10,13,17,23H,5-6,11-12,14-15H2,1-4H3/b16-8-,21-7+. The number of aliphatic hydroxyl groups excluding tert-OH is 1. The topological polar surface area (TPSA) is 32.7 Å². The van der Waals surface area contributed by atoms with Crippen LogP contribution in [0.3, 0.4) is 0 Å². The number of aliphatic hydroxyl groups is 1. The number of likely N-dealkylation sites (N-methyl/N-ethyl adjacent to an activating group) is 1. The molecule has 3 nitrogen and oxygen atoms in total. The number of benzene rings is 1. The summed E-state index contributed by atoms with van der Waals surface area (Å²) in [6.45, 7) is 8.53. The minimum absolute atomic E-state index is 0.0589. The number of likely N-dealkylation sites (tertiary alicyclic amines) is 1. The van der Waals surface area contributed by atoms with E-state index in [-0.39, 0.29) is 6.61 Å². The largest absolute Gasteiger partial charge is 0.457 e. The molecule has 1 fully saturated rings. The van der Waals surface area contributed by atoms with E-state index < -0.39 is 0 Å². The first kappa shape index (κ1) is 18.8. The molecule has 1 N–H and O–H groups in total. The van der Waals surface area contributed by atoms with Crippen molar-refractivity contribution in [3.63, 3.8) is 0 Å². The van der Waals surface area contributed by atoms with Gasteiger partial charge in [0, 0.05) is 6.54 Å². The van der Waals surface area contributed by atoms with E-state index in [0.717, 1.165) is 49.4 Å². The Balaban J connectivity index is 2.21. The molecule has 0 amide bonds. The van der Waals surface area contributed by atoms with Gasteiger partial charge in [0.25, 0.3) is 0 Å². The average molecular weight is 329 g/mol. The first-order valence-electron chi connectivity index (χ1n) is 9.08. The Kier molecular flexibility index (Phi) is 7.07. The van der Waals surface area contributed by atoms with Crippen molar-refractivity contribution < 1.29 is 9.84 Å². The van der Waals surface area contributed by atoms with Crippen molar-refractivity contribution >= 4 is 0 Å². The summed E-state index contributed by atoms with van der Waals surface area (Å²) in [6, 6.07) is 6.17. The summed E-state index contributed by atoms with van der Waals surface area (Å²) in [7, 11) is 2.15. The van der Waals surface area contributed by atoms with Gasteiger partial charge in [-0.3, -0.25) is 0 Å². The lowest BCUT2D eigenvalue weighted by molar-refractivity contribution is 0.279. The molecule has 1 aliphatic heterocycles. The third kappa shape index (κ3) is 4.49. The fraction of sp³-hybridized carbons (Fsp3) is 0.524. The normalized spacial score (nSPS) is 19.8. The minimum Gasteiger partial charge on any atom is -0.457 e. The van der Waals surface area contributed by atoms with Crippen molar-refractivity contribution in [2.24, 2.45) is 0 Å². The van der Waals surface area contributed by atoms with E-state index in [1.165, 1.54) is 11.1 Å². The molecule has 0 spiro atoms. The number of allylic oxidation sites excluding steroid dienone is 3. The number of hydrogen-bond acceptors (Lipinski definition) is 3. The molecule has 2 rings (SSSR count). The molecule has 0 bridgehead atoms. The molecule has 1 aromatic carbocycles. The summed E-state index contributed by atoms with van der Waals surface area (Å²) < 4.78 is 6.12. The molecular weight excluding hydrogens is 298 g/mol. The molecule has 1 aliphatic rings. The fourth-order valence-corrected chi connectivity index (χ4v) is 3.47. The van der Waals surface area contributed by atoms with Crippen LogP contribution in [0.15, 0.2) is 41.7 Å². The summed E-state index contributed by atoms with van der Waals surface area (Å²) in [5, 5.41) is 9.80. The van der Waals surface area contributed by atoms with Crippen molar-refractivity contribution in [3.05, 3.63) is 52.8 Å². The van der Waals surface area contributed by atoms with Crippen LogP contribution < -0.4 is 4.74 Å². The molecule has 3 heteroatoms. The van der Waals surface area contributed by atoms with Gasteiger partial charge >= 0.3 is 0 Å². The Labute approximate surface area is 146 Å². The van der Waals surface area contributed by atoms with Crippen molar-refractivity contribution in [3.8, 4) is 5.75 Å². The van der Waals surface area contributed by atoms with Crippen LogP contribution >= 0.6 is 0 Å². The van der Waals surface area contributed by atoms with Crippen LogP contribution in [0.5, 0.6) is 5.75 Å². The van der Waals surface area contributed by atoms with E-state index >= 15 is 0 Å². The zero-order valence-electron chi connectivity index (χ0n) is 15.5. The summed E-state index contributed by atoms with van der Waals surface area (Å²) in [6.07, 6.45) is 7.34. The van der Waals surface area contributed by atoms with E-state index in [1.54, 1.807) is 0 Å².